The lowest BCUT2D eigenvalue weighted by Gasteiger charge is -2.33. The van der Waals surface area contributed by atoms with Gasteiger partial charge in [0.1, 0.15) is 0 Å². The number of benzene rings is 1. The van der Waals surface area contributed by atoms with Crippen molar-refractivity contribution in [2.24, 2.45) is 5.92 Å². The van der Waals surface area contributed by atoms with Crippen LogP contribution in [0.3, 0.4) is 0 Å². The first-order valence-corrected chi connectivity index (χ1v) is 9.89. The molecule has 0 unspecified atom stereocenters. The van der Waals surface area contributed by atoms with Gasteiger partial charge in [-0.2, -0.15) is 0 Å². The Kier molecular flexibility index (Phi) is 6.88. The topological polar surface area (TPSA) is 41.6 Å². The summed E-state index contributed by atoms with van der Waals surface area (Å²) in [4.78, 5) is 15.0. The van der Waals surface area contributed by atoms with Crippen molar-refractivity contribution in [3.8, 4) is 0 Å². The number of ether oxygens (including phenoxy) is 1. The molecule has 2 heterocycles. The molecule has 138 valence electrons. The van der Waals surface area contributed by atoms with Gasteiger partial charge in [0.2, 0.25) is 5.91 Å². The van der Waals surface area contributed by atoms with E-state index in [1.807, 2.05) is 6.07 Å². The van der Waals surface area contributed by atoms with E-state index in [0.29, 0.717) is 24.3 Å². The SMILES string of the molecule is CC[C@@H](CC(=O)NC1CCN(C[C@H]2CCOC2)CC1)c1ccccc1. The molecule has 1 amide bonds. The molecular weight excluding hydrogens is 312 g/mol. The van der Waals surface area contributed by atoms with Crippen molar-refractivity contribution in [3.63, 3.8) is 0 Å². The van der Waals surface area contributed by atoms with Crippen LogP contribution in [-0.2, 0) is 9.53 Å². The Morgan fingerprint density at radius 3 is 2.64 bits per heavy atom. The number of carbonyl (C=O) groups is 1. The Morgan fingerprint density at radius 1 is 1.24 bits per heavy atom. The third-order valence-corrected chi connectivity index (χ3v) is 5.69. The molecule has 1 aromatic rings. The summed E-state index contributed by atoms with van der Waals surface area (Å²) < 4.78 is 5.47. The maximum atomic E-state index is 12.5. The lowest BCUT2D eigenvalue weighted by molar-refractivity contribution is -0.122. The Hall–Kier alpha value is -1.39. The second kappa shape index (κ2) is 9.35. The van der Waals surface area contributed by atoms with Gasteiger partial charge in [0.25, 0.3) is 0 Å². The van der Waals surface area contributed by atoms with Crippen LogP contribution in [0.1, 0.15) is 50.5 Å². The molecule has 3 rings (SSSR count). The van der Waals surface area contributed by atoms with Crippen LogP contribution in [0.5, 0.6) is 0 Å². The van der Waals surface area contributed by atoms with Gasteiger partial charge in [0.05, 0.1) is 6.61 Å². The highest BCUT2D eigenvalue weighted by Gasteiger charge is 2.25. The lowest BCUT2D eigenvalue weighted by atomic mass is 9.92. The van der Waals surface area contributed by atoms with Crippen LogP contribution >= 0.6 is 0 Å². The summed E-state index contributed by atoms with van der Waals surface area (Å²) in [6, 6.07) is 10.8. The first kappa shape index (κ1) is 18.4. The third-order valence-electron chi connectivity index (χ3n) is 5.69. The van der Waals surface area contributed by atoms with E-state index in [1.165, 1.54) is 12.0 Å². The van der Waals surface area contributed by atoms with Gasteiger partial charge in [-0.25, -0.2) is 0 Å². The van der Waals surface area contributed by atoms with Crippen molar-refractivity contribution in [2.75, 3.05) is 32.8 Å². The summed E-state index contributed by atoms with van der Waals surface area (Å²) in [5.41, 5.74) is 1.27. The van der Waals surface area contributed by atoms with Crippen molar-refractivity contribution < 1.29 is 9.53 Å². The van der Waals surface area contributed by atoms with Crippen molar-refractivity contribution in [2.45, 2.75) is 51.0 Å². The van der Waals surface area contributed by atoms with Gasteiger partial charge in [-0.3, -0.25) is 4.79 Å². The Morgan fingerprint density at radius 2 is 2.00 bits per heavy atom. The number of piperidine rings is 1. The van der Waals surface area contributed by atoms with Gasteiger partial charge >= 0.3 is 0 Å². The molecule has 1 N–H and O–H groups in total. The van der Waals surface area contributed by atoms with Crippen LogP contribution in [0.25, 0.3) is 0 Å². The molecule has 1 aromatic carbocycles. The number of amides is 1. The number of nitrogens with zero attached hydrogens (tertiary/aromatic N) is 1. The minimum absolute atomic E-state index is 0.207. The normalized spacial score (nSPS) is 23.5. The van der Waals surface area contributed by atoms with E-state index in [9.17, 15) is 4.79 Å². The fourth-order valence-corrected chi connectivity index (χ4v) is 4.09. The quantitative estimate of drug-likeness (QED) is 0.826. The lowest BCUT2D eigenvalue weighted by Crippen LogP contribution is -2.46. The van der Waals surface area contributed by atoms with Gasteiger partial charge in [-0.1, -0.05) is 37.3 Å². The van der Waals surface area contributed by atoms with Gasteiger partial charge in [0, 0.05) is 38.7 Å². The van der Waals surface area contributed by atoms with Crippen molar-refractivity contribution in [1.29, 1.82) is 0 Å². The summed E-state index contributed by atoms with van der Waals surface area (Å²) in [6.07, 6.45) is 4.94. The summed E-state index contributed by atoms with van der Waals surface area (Å²) in [5.74, 6) is 1.24. The van der Waals surface area contributed by atoms with E-state index in [4.69, 9.17) is 4.74 Å². The minimum atomic E-state index is 0.207. The molecule has 2 saturated heterocycles. The first-order valence-electron chi connectivity index (χ1n) is 9.89. The predicted octanol–water partition coefficient (Wildman–Crippen LogP) is 3.19. The summed E-state index contributed by atoms with van der Waals surface area (Å²) >= 11 is 0. The molecule has 4 nitrogen and oxygen atoms in total. The standard InChI is InChI=1S/C21H32N2O2/c1-2-18(19-6-4-3-5-7-19)14-21(24)22-20-8-11-23(12-9-20)15-17-10-13-25-16-17/h3-7,17-18,20H,2,8-16H2,1H3,(H,22,24)/t17-,18+/m1/s1. The average Bonchev–Trinajstić information content (AvgIpc) is 3.15. The molecule has 0 aromatic heterocycles. The van der Waals surface area contributed by atoms with Gasteiger partial charge in [-0.15, -0.1) is 0 Å². The zero-order valence-electron chi connectivity index (χ0n) is 15.5. The molecular formula is C21H32N2O2. The highest BCUT2D eigenvalue weighted by Crippen LogP contribution is 2.23. The number of hydrogen-bond acceptors (Lipinski definition) is 3. The van der Waals surface area contributed by atoms with Gasteiger partial charge in [0.15, 0.2) is 0 Å². The second-order valence-corrected chi connectivity index (χ2v) is 7.59. The van der Waals surface area contributed by atoms with E-state index in [0.717, 1.165) is 52.1 Å². The number of hydrogen-bond donors (Lipinski definition) is 1. The Labute approximate surface area is 151 Å². The third kappa shape index (κ3) is 5.55. The van der Waals surface area contributed by atoms with Crippen molar-refractivity contribution >= 4 is 5.91 Å². The van der Waals surface area contributed by atoms with Crippen LogP contribution < -0.4 is 5.32 Å². The Bertz CT molecular complexity index is 520. The second-order valence-electron chi connectivity index (χ2n) is 7.59. The summed E-state index contributed by atoms with van der Waals surface area (Å²) in [5, 5.41) is 3.28. The fourth-order valence-electron chi connectivity index (χ4n) is 4.09. The first-order chi connectivity index (χ1) is 12.2. The molecule has 0 spiro atoms. The van der Waals surface area contributed by atoms with E-state index in [1.54, 1.807) is 0 Å². The monoisotopic (exact) mass is 344 g/mol. The van der Waals surface area contributed by atoms with E-state index in [-0.39, 0.29) is 5.91 Å². The number of rotatable bonds is 7. The maximum Gasteiger partial charge on any atom is 0.220 e. The molecule has 2 aliphatic rings. The van der Waals surface area contributed by atoms with Crippen LogP contribution in [0.2, 0.25) is 0 Å². The molecule has 2 atom stereocenters. The predicted molar refractivity (Wildman–Crippen MR) is 101 cm³/mol. The summed E-state index contributed by atoms with van der Waals surface area (Å²) in [6.45, 7) is 7.36. The van der Waals surface area contributed by atoms with E-state index >= 15 is 0 Å². The number of likely N-dealkylation sites (tertiary alicyclic amines) is 1. The molecule has 0 aliphatic carbocycles. The van der Waals surface area contributed by atoms with Crippen LogP contribution in [0.15, 0.2) is 30.3 Å². The molecule has 4 heteroatoms. The van der Waals surface area contributed by atoms with Crippen LogP contribution in [0.4, 0.5) is 0 Å². The van der Waals surface area contributed by atoms with Crippen molar-refractivity contribution in [1.82, 2.24) is 10.2 Å². The maximum absolute atomic E-state index is 12.5. The van der Waals surface area contributed by atoms with E-state index in [2.05, 4.69) is 41.4 Å². The van der Waals surface area contributed by atoms with E-state index < -0.39 is 0 Å². The molecule has 0 radical (unpaired) electrons. The zero-order chi connectivity index (χ0) is 17.5. The highest BCUT2D eigenvalue weighted by molar-refractivity contribution is 5.77. The highest BCUT2D eigenvalue weighted by atomic mass is 16.5. The molecule has 2 aliphatic heterocycles. The van der Waals surface area contributed by atoms with Crippen LogP contribution in [0, 0.1) is 5.92 Å². The molecule has 25 heavy (non-hydrogen) atoms. The Balaban J connectivity index is 1.39. The van der Waals surface area contributed by atoms with Gasteiger partial charge in [-0.05, 0) is 43.1 Å². The zero-order valence-corrected chi connectivity index (χ0v) is 15.5. The molecule has 2 fully saturated rings. The van der Waals surface area contributed by atoms with Gasteiger partial charge < -0.3 is 15.0 Å². The summed E-state index contributed by atoms with van der Waals surface area (Å²) in [7, 11) is 0. The molecule has 0 bridgehead atoms. The van der Waals surface area contributed by atoms with Crippen molar-refractivity contribution in [3.05, 3.63) is 35.9 Å². The smallest absolute Gasteiger partial charge is 0.220 e. The number of nitrogens with one attached hydrogen (secondary N) is 1. The average molecular weight is 344 g/mol. The molecule has 0 saturated carbocycles. The van der Waals surface area contributed by atoms with Crippen LogP contribution in [-0.4, -0.2) is 49.7 Å². The fraction of sp³-hybridized carbons (Fsp3) is 0.667. The number of carbonyl (C=O) groups excluding carboxylic acids is 1. The minimum Gasteiger partial charge on any atom is -0.381 e. The largest absolute Gasteiger partial charge is 0.381 e.